The van der Waals surface area contributed by atoms with Gasteiger partial charge in [0.15, 0.2) is 5.82 Å². The van der Waals surface area contributed by atoms with E-state index in [0.29, 0.717) is 18.1 Å². The molecule has 7 heteroatoms. The van der Waals surface area contributed by atoms with Gasteiger partial charge in [0.05, 0.1) is 12.6 Å². The standard InChI is InChI=1S/C14H25N5O2/c1-14(2,3)7-11(20)16-9-12-17-13(18-21-12)10-8-15-5-6-19(10)4/h10,15H,5-9H2,1-4H3,(H,16,20). The van der Waals surface area contributed by atoms with Crippen LogP contribution in [0.5, 0.6) is 0 Å². The highest BCUT2D eigenvalue weighted by Crippen LogP contribution is 2.19. The minimum Gasteiger partial charge on any atom is -0.347 e. The van der Waals surface area contributed by atoms with E-state index in [2.05, 4.69) is 25.7 Å². The first kappa shape index (κ1) is 15.9. The fourth-order valence-electron chi connectivity index (χ4n) is 2.29. The van der Waals surface area contributed by atoms with Crippen molar-refractivity contribution in [2.45, 2.75) is 39.8 Å². The van der Waals surface area contributed by atoms with Gasteiger partial charge in [0.1, 0.15) is 0 Å². The van der Waals surface area contributed by atoms with Crippen molar-refractivity contribution in [3.8, 4) is 0 Å². The number of piperazine rings is 1. The van der Waals surface area contributed by atoms with Crippen LogP contribution < -0.4 is 10.6 Å². The lowest BCUT2D eigenvalue weighted by Gasteiger charge is -2.30. The summed E-state index contributed by atoms with van der Waals surface area (Å²) in [5, 5.41) is 10.2. The Morgan fingerprint density at radius 2 is 2.29 bits per heavy atom. The summed E-state index contributed by atoms with van der Waals surface area (Å²) in [5.41, 5.74) is -0.0272. The smallest absolute Gasteiger partial charge is 0.246 e. The zero-order valence-corrected chi connectivity index (χ0v) is 13.3. The van der Waals surface area contributed by atoms with E-state index in [9.17, 15) is 4.79 Å². The molecule has 1 aromatic heterocycles. The molecule has 2 N–H and O–H groups in total. The SMILES string of the molecule is CN1CCNCC1c1noc(CNC(=O)CC(C)(C)C)n1. The van der Waals surface area contributed by atoms with Gasteiger partial charge < -0.3 is 15.2 Å². The van der Waals surface area contributed by atoms with Crippen LogP contribution in [0.1, 0.15) is 44.9 Å². The van der Waals surface area contributed by atoms with E-state index < -0.39 is 0 Å². The van der Waals surface area contributed by atoms with Gasteiger partial charge in [-0.15, -0.1) is 0 Å². The molecule has 2 heterocycles. The fraction of sp³-hybridized carbons (Fsp3) is 0.786. The van der Waals surface area contributed by atoms with Crippen molar-refractivity contribution in [2.75, 3.05) is 26.7 Å². The molecule has 0 saturated carbocycles. The quantitative estimate of drug-likeness (QED) is 0.850. The Labute approximate surface area is 125 Å². The zero-order chi connectivity index (χ0) is 15.5. The third kappa shape index (κ3) is 4.78. The summed E-state index contributed by atoms with van der Waals surface area (Å²) in [4.78, 5) is 18.3. The average Bonchev–Trinajstić information content (AvgIpc) is 2.83. The maximum absolute atomic E-state index is 11.8. The van der Waals surface area contributed by atoms with Crippen LogP contribution in [0.3, 0.4) is 0 Å². The number of carbonyl (C=O) groups is 1. The molecular weight excluding hydrogens is 270 g/mol. The van der Waals surface area contributed by atoms with Crippen LogP contribution in [-0.2, 0) is 11.3 Å². The Bertz CT molecular complexity index is 480. The summed E-state index contributed by atoms with van der Waals surface area (Å²) >= 11 is 0. The van der Waals surface area contributed by atoms with Crippen LogP contribution in [0, 0.1) is 5.41 Å². The molecule has 1 unspecified atom stereocenters. The largest absolute Gasteiger partial charge is 0.347 e. The Morgan fingerprint density at radius 1 is 1.52 bits per heavy atom. The van der Waals surface area contributed by atoms with Gasteiger partial charge in [0.25, 0.3) is 0 Å². The zero-order valence-electron chi connectivity index (χ0n) is 13.3. The van der Waals surface area contributed by atoms with Gasteiger partial charge in [-0.05, 0) is 12.5 Å². The lowest BCUT2D eigenvalue weighted by Crippen LogP contribution is -2.44. The molecule has 1 amide bonds. The van der Waals surface area contributed by atoms with Crippen molar-refractivity contribution in [1.82, 2.24) is 25.7 Å². The predicted octanol–water partition coefficient (Wildman–Crippen LogP) is 0.698. The van der Waals surface area contributed by atoms with Crippen molar-refractivity contribution in [1.29, 1.82) is 0 Å². The first-order valence-corrected chi connectivity index (χ1v) is 7.35. The second kappa shape index (κ2) is 6.53. The highest BCUT2D eigenvalue weighted by molar-refractivity contribution is 5.76. The summed E-state index contributed by atoms with van der Waals surface area (Å²) in [6, 6.07) is 0.126. The van der Waals surface area contributed by atoms with Gasteiger partial charge in [-0.1, -0.05) is 25.9 Å². The maximum atomic E-state index is 11.8. The number of hydrogen-bond donors (Lipinski definition) is 2. The molecule has 1 atom stereocenters. The molecule has 0 aromatic carbocycles. The lowest BCUT2D eigenvalue weighted by molar-refractivity contribution is -0.123. The molecule has 0 radical (unpaired) electrons. The number of nitrogens with zero attached hydrogens (tertiary/aromatic N) is 3. The highest BCUT2D eigenvalue weighted by atomic mass is 16.5. The topological polar surface area (TPSA) is 83.3 Å². The number of likely N-dealkylation sites (N-methyl/N-ethyl adjacent to an activating group) is 1. The average molecular weight is 295 g/mol. The molecule has 7 nitrogen and oxygen atoms in total. The number of nitrogens with one attached hydrogen (secondary N) is 2. The summed E-state index contributed by atoms with van der Waals surface area (Å²) in [5.74, 6) is 1.12. The fourth-order valence-corrected chi connectivity index (χ4v) is 2.29. The van der Waals surface area contributed by atoms with E-state index >= 15 is 0 Å². The number of hydrogen-bond acceptors (Lipinski definition) is 6. The first-order valence-electron chi connectivity index (χ1n) is 7.35. The second-order valence-electron chi connectivity index (χ2n) is 6.76. The van der Waals surface area contributed by atoms with Gasteiger partial charge in [0, 0.05) is 26.1 Å². The molecule has 0 spiro atoms. The van der Waals surface area contributed by atoms with Gasteiger partial charge >= 0.3 is 0 Å². The monoisotopic (exact) mass is 295 g/mol. The van der Waals surface area contributed by atoms with Crippen molar-refractivity contribution < 1.29 is 9.32 Å². The molecule has 1 aliphatic heterocycles. The third-order valence-electron chi connectivity index (χ3n) is 3.42. The highest BCUT2D eigenvalue weighted by Gasteiger charge is 2.25. The van der Waals surface area contributed by atoms with E-state index in [-0.39, 0.29) is 23.9 Å². The van der Waals surface area contributed by atoms with Crippen LogP contribution in [0.15, 0.2) is 4.52 Å². The van der Waals surface area contributed by atoms with Crippen molar-refractivity contribution in [2.24, 2.45) is 5.41 Å². The molecule has 0 aliphatic carbocycles. The summed E-state index contributed by atoms with van der Waals surface area (Å²) < 4.78 is 5.22. The molecule has 1 saturated heterocycles. The summed E-state index contributed by atoms with van der Waals surface area (Å²) in [6.07, 6.45) is 0.475. The van der Waals surface area contributed by atoms with Crippen molar-refractivity contribution in [3.05, 3.63) is 11.7 Å². The van der Waals surface area contributed by atoms with Crippen LogP contribution in [0.2, 0.25) is 0 Å². The minimum absolute atomic E-state index is 0.00120. The summed E-state index contributed by atoms with van der Waals surface area (Å²) in [6.45, 7) is 9.12. The molecule has 0 bridgehead atoms. The van der Waals surface area contributed by atoms with Crippen LogP contribution in [0.25, 0.3) is 0 Å². The first-order chi connectivity index (χ1) is 9.85. The van der Waals surface area contributed by atoms with E-state index in [4.69, 9.17) is 4.52 Å². The maximum Gasteiger partial charge on any atom is 0.246 e. The second-order valence-corrected chi connectivity index (χ2v) is 6.76. The number of amides is 1. The van der Waals surface area contributed by atoms with E-state index in [0.717, 1.165) is 19.6 Å². The molecule has 1 fully saturated rings. The molecule has 118 valence electrons. The third-order valence-corrected chi connectivity index (χ3v) is 3.42. The normalized spacial score (nSPS) is 20.5. The van der Waals surface area contributed by atoms with Gasteiger partial charge in [-0.25, -0.2) is 0 Å². The van der Waals surface area contributed by atoms with Crippen LogP contribution in [0.4, 0.5) is 0 Å². The number of rotatable bonds is 4. The predicted molar refractivity (Wildman–Crippen MR) is 78.5 cm³/mol. The molecule has 2 rings (SSSR count). The molecule has 21 heavy (non-hydrogen) atoms. The minimum atomic E-state index is -0.0272. The van der Waals surface area contributed by atoms with Gasteiger partial charge in [-0.2, -0.15) is 4.98 Å². The lowest BCUT2D eigenvalue weighted by atomic mass is 9.92. The molecule has 1 aliphatic rings. The van der Waals surface area contributed by atoms with Crippen molar-refractivity contribution in [3.63, 3.8) is 0 Å². The Hall–Kier alpha value is -1.47. The number of carbonyl (C=O) groups excluding carboxylic acids is 1. The van der Waals surface area contributed by atoms with E-state index in [1.165, 1.54) is 0 Å². The van der Waals surface area contributed by atoms with Crippen LogP contribution >= 0.6 is 0 Å². The molecule has 1 aromatic rings. The van der Waals surface area contributed by atoms with Gasteiger partial charge in [-0.3, -0.25) is 9.69 Å². The van der Waals surface area contributed by atoms with Crippen LogP contribution in [-0.4, -0.2) is 47.6 Å². The number of aromatic nitrogens is 2. The Kier molecular flexibility index (Phi) is 4.95. The molecular formula is C14H25N5O2. The van der Waals surface area contributed by atoms with E-state index in [1.54, 1.807) is 0 Å². The van der Waals surface area contributed by atoms with Crippen molar-refractivity contribution >= 4 is 5.91 Å². The Morgan fingerprint density at radius 3 is 2.95 bits per heavy atom. The summed E-state index contributed by atoms with van der Waals surface area (Å²) in [7, 11) is 2.05. The Balaban J connectivity index is 1.87. The van der Waals surface area contributed by atoms with E-state index in [1.807, 2.05) is 27.8 Å². The van der Waals surface area contributed by atoms with Gasteiger partial charge in [0.2, 0.25) is 11.8 Å².